The Kier molecular flexibility index (Phi) is 6.14. The molecule has 0 fully saturated rings. The van der Waals surface area contributed by atoms with Crippen molar-refractivity contribution in [1.29, 1.82) is 0 Å². The Bertz CT molecular complexity index is 917. The molecule has 11 heteroatoms. The van der Waals surface area contributed by atoms with Crippen molar-refractivity contribution < 1.29 is 22.7 Å². The molecule has 2 aromatic carbocycles. The van der Waals surface area contributed by atoms with E-state index in [0.717, 1.165) is 0 Å². The van der Waals surface area contributed by atoms with Gasteiger partial charge >= 0.3 is 6.36 Å². The third-order valence-corrected chi connectivity index (χ3v) is 4.29. The molecule has 3 rings (SSSR count). The van der Waals surface area contributed by atoms with E-state index in [1.165, 1.54) is 40.7 Å². The van der Waals surface area contributed by atoms with Gasteiger partial charge in [0.05, 0.1) is 5.69 Å². The van der Waals surface area contributed by atoms with E-state index in [0.29, 0.717) is 22.3 Å². The van der Waals surface area contributed by atoms with Gasteiger partial charge in [-0.25, -0.2) is 0 Å². The van der Waals surface area contributed by atoms with Crippen LogP contribution in [0, 0.1) is 0 Å². The van der Waals surface area contributed by atoms with Crippen molar-refractivity contribution in [2.24, 2.45) is 0 Å². The summed E-state index contributed by atoms with van der Waals surface area (Å²) in [5.74, 6) is -0.0589. The highest BCUT2D eigenvalue weighted by Gasteiger charge is 2.31. The molecule has 28 heavy (non-hydrogen) atoms. The van der Waals surface area contributed by atoms with Crippen LogP contribution in [0.2, 0.25) is 0 Å². The van der Waals surface area contributed by atoms with Crippen LogP contribution in [0.4, 0.5) is 18.9 Å². The summed E-state index contributed by atoms with van der Waals surface area (Å²) in [6.07, 6.45) is -4.51. The van der Waals surface area contributed by atoms with Gasteiger partial charge in [0.1, 0.15) is 5.75 Å². The summed E-state index contributed by atoms with van der Waals surface area (Å²) in [5, 5.41) is 14.5. The van der Waals surface area contributed by atoms with Gasteiger partial charge < -0.3 is 10.1 Å². The molecule has 0 aliphatic carbocycles. The first kappa shape index (κ1) is 19.7. The number of thioether (sulfide) groups is 1. The van der Waals surface area contributed by atoms with Crippen LogP contribution in [-0.2, 0) is 4.79 Å². The molecule has 0 spiro atoms. The first-order chi connectivity index (χ1) is 13.4. The fraction of sp³-hybridized carbons (Fsp3) is 0.176. The number of alkyl halides is 3. The van der Waals surface area contributed by atoms with Gasteiger partial charge in [0.2, 0.25) is 11.1 Å². The molecule has 0 unspecified atom stereocenters. The Morgan fingerprint density at radius 3 is 2.50 bits per heavy atom. The second-order valence-corrected chi connectivity index (χ2v) is 6.49. The first-order valence-corrected chi connectivity index (χ1v) is 9.01. The van der Waals surface area contributed by atoms with Gasteiger partial charge in [-0.2, -0.15) is 4.68 Å². The normalized spacial score (nSPS) is 11.2. The average Bonchev–Trinajstić information content (AvgIpc) is 3.10. The molecule has 0 bridgehead atoms. The minimum absolute atomic E-state index is 0.147. The van der Waals surface area contributed by atoms with Gasteiger partial charge in [0, 0.05) is 17.9 Å². The molecule has 0 aliphatic rings. The lowest BCUT2D eigenvalue weighted by molar-refractivity contribution is -0.274. The molecule has 0 saturated carbocycles. The van der Waals surface area contributed by atoms with Gasteiger partial charge in [-0.15, -0.1) is 18.3 Å². The SMILES string of the molecule is O=C(CCSc1nnnn1-c1ccc(OC(F)(F)F)cc1)Nc1ccccc1. The number of nitrogens with zero attached hydrogens (tertiary/aromatic N) is 4. The summed E-state index contributed by atoms with van der Waals surface area (Å²) in [7, 11) is 0. The molecule has 1 heterocycles. The Balaban J connectivity index is 1.56. The molecular weight excluding hydrogens is 395 g/mol. The molecule has 0 atom stereocenters. The summed E-state index contributed by atoms with van der Waals surface area (Å²) in [4.78, 5) is 12.0. The molecule has 7 nitrogen and oxygen atoms in total. The number of ether oxygens (including phenoxy) is 1. The van der Waals surface area contributed by atoms with E-state index in [4.69, 9.17) is 0 Å². The molecule has 1 aromatic heterocycles. The second-order valence-electron chi connectivity index (χ2n) is 5.43. The van der Waals surface area contributed by atoms with E-state index >= 15 is 0 Å². The third kappa shape index (κ3) is 5.71. The number of aromatic nitrogens is 4. The van der Waals surface area contributed by atoms with Crippen molar-refractivity contribution in [3.63, 3.8) is 0 Å². The molecule has 3 aromatic rings. The highest BCUT2D eigenvalue weighted by molar-refractivity contribution is 7.99. The van der Waals surface area contributed by atoms with Crippen LogP contribution in [-0.4, -0.2) is 38.2 Å². The second kappa shape index (κ2) is 8.74. The fourth-order valence-electron chi connectivity index (χ4n) is 2.20. The number of rotatable bonds is 7. The predicted octanol–water partition coefficient (Wildman–Crippen LogP) is 3.68. The largest absolute Gasteiger partial charge is 0.573 e. The lowest BCUT2D eigenvalue weighted by atomic mass is 10.3. The number of benzene rings is 2. The minimum Gasteiger partial charge on any atom is -0.406 e. The predicted molar refractivity (Wildman–Crippen MR) is 96.2 cm³/mol. The number of halogens is 3. The minimum atomic E-state index is -4.75. The van der Waals surface area contributed by atoms with Crippen molar-refractivity contribution >= 4 is 23.4 Å². The van der Waals surface area contributed by atoms with E-state index in [-0.39, 0.29) is 18.1 Å². The van der Waals surface area contributed by atoms with Gasteiger partial charge in [0.25, 0.3) is 0 Å². The van der Waals surface area contributed by atoms with Crippen LogP contribution in [0.25, 0.3) is 5.69 Å². The standard InChI is InChI=1S/C17H14F3N5O2S/c18-17(19,20)27-14-8-6-13(7-9-14)25-16(22-23-24-25)28-11-10-15(26)21-12-4-2-1-3-5-12/h1-9H,10-11H2,(H,21,26). The maximum absolute atomic E-state index is 12.2. The topological polar surface area (TPSA) is 81.9 Å². The van der Waals surface area contributed by atoms with E-state index < -0.39 is 6.36 Å². The molecule has 0 saturated heterocycles. The Morgan fingerprint density at radius 2 is 1.82 bits per heavy atom. The number of amides is 1. The van der Waals surface area contributed by atoms with Crippen molar-refractivity contribution in [3.05, 3.63) is 54.6 Å². The molecular formula is C17H14F3N5O2S. The molecule has 0 radical (unpaired) electrons. The Labute approximate surface area is 161 Å². The number of hydrogen-bond acceptors (Lipinski definition) is 6. The number of hydrogen-bond donors (Lipinski definition) is 1. The van der Waals surface area contributed by atoms with Gasteiger partial charge in [-0.3, -0.25) is 4.79 Å². The van der Waals surface area contributed by atoms with E-state index in [1.807, 2.05) is 18.2 Å². The number of para-hydroxylation sites is 1. The maximum atomic E-state index is 12.2. The van der Waals surface area contributed by atoms with Crippen LogP contribution in [0.15, 0.2) is 59.8 Å². The first-order valence-electron chi connectivity index (χ1n) is 8.03. The van der Waals surface area contributed by atoms with Crippen molar-refractivity contribution in [1.82, 2.24) is 20.2 Å². The fourth-order valence-corrected chi connectivity index (χ4v) is 3.03. The quantitative estimate of drug-likeness (QED) is 0.600. The molecule has 1 N–H and O–H groups in total. The lowest BCUT2D eigenvalue weighted by Gasteiger charge is -2.09. The number of tetrazole rings is 1. The number of anilines is 1. The monoisotopic (exact) mass is 409 g/mol. The highest BCUT2D eigenvalue weighted by atomic mass is 32.2. The third-order valence-electron chi connectivity index (χ3n) is 3.37. The Morgan fingerprint density at radius 1 is 1.11 bits per heavy atom. The maximum Gasteiger partial charge on any atom is 0.573 e. The van der Waals surface area contributed by atoms with Crippen LogP contribution < -0.4 is 10.1 Å². The van der Waals surface area contributed by atoms with E-state index in [9.17, 15) is 18.0 Å². The number of nitrogens with one attached hydrogen (secondary N) is 1. The van der Waals surface area contributed by atoms with Gasteiger partial charge in [-0.1, -0.05) is 30.0 Å². The molecule has 146 valence electrons. The Hall–Kier alpha value is -3.08. The zero-order chi connectivity index (χ0) is 20.0. The van der Waals surface area contributed by atoms with Gasteiger partial charge in [-0.05, 0) is 46.8 Å². The highest BCUT2D eigenvalue weighted by Crippen LogP contribution is 2.25. The summed E-state index contributed by atoms with van der Waals surface area (Å²) >= 11 is 1.26. The van der Waals surface area contributed by atoms with Crippen molar-refractivity contribution in [2.45, 2.75) is 17.9 Å². The zero-order valence-electron chi connectivity index (χ0n) is 14.3. The van der Waals surface area contributed by atoms with Crippen LogP contribution in [0.1, 0.15) is 6.42 Å². The van der Waals surface area contributed by atoms with Crippen molar-refractivity contribution in [2.75, 3.05) is 11.1 Å². The summed E-state index contributed by atoms with van der Waals surface area (Å²) < 4.78 is 41.9. The number of carbonyl (C=O) groups is 1. The number of carbonyl (C=O) groups excluding carboxylic acids is 1. The van der Waals surface area contributed by atoms with E-state index in [2.05, 4.69) is 25.6 Å². The molecule has 0 aliphatic heterocycles. The van der Waals surface area contributed by atoms with Crippen LogP contribution in [0.3, 0.4) is 0 Å². The average molecular weight is 409 g/mol. The molecule has 1 amide bonds. The smallest absolute Gasteiger partial charge is 0.406 e. The summed E-state index contributed by atoms with van der Waals surface area (Å²) in [5.41, 5.74) is 1.18. The van der Waals surface area contributed by atoms with E-state index in [1.54, 1.807) is 12.1 Å². The zero-order valence-corrected chi connectivity index (χ0v) is 15.1. The lowest BCUT2D eigenvalue weighted by Crippen LogP contribution is -2.17. The van der Waals surface area contributed by atoms with Crippen molar-refractivity contribution in [3.8, 4) is 11.4 Å². The van der Waals surface area contributed by atoms with Crippen LogP contribution in [0.5, 0.6) is 5.75 Å². The van der Waals surface area contributed by atoms with Gasteiger partial charge in [0.15, 0.2) is 0 Å². The summed E-state index contributed by atoms with van der Waals surface area (Å²) in [6, 6.07) is 14.2. The van der Waals surface area contributed by atoms with Crippen LogP contribution >= 0.6 is 11.8 Å². The summed E-state index contributed by atoms with van der Waals surface area (Å²) in [6.45, 7) is 0.